The lowest BCUT2D eigenvalue weighted by atomic mass is 9.63. The first-order chi connectivity index (χ1) is 12.9. The Bertz CT molecular complexity index is 869. The van der Waals surface area contributed by atoms with Crippen LogP contribution in [0.5, 0.6) is 0 Å². The summed E-state index contributed by atoms with van der Waals surface area (Å²) in [6, 6.07) is 4.92. The number of likely N-dealkylation sites (tertiary alicyclic amines) is 1. The summed E-state index contributed by atoms with van der Waals surface area (Å²) >= 11 is 0. The van der Waals surface area contributed by atoms with Crippen molar-refractivity contribution in [3.05, 3.63) is 41.5 Å². The Hall–Kier alpha value is -2.43. The molecule has 4 aliphatic carbocycles. The van der Waals surface area contributed by atoms with Crippen LogP contribution in [-0.4, -0.2) is 28.7 Å². The van der Waals surface area contributed by atoms with Crippen LogP contribution in [0.15, 0.2) is 30.4 Å². The van der Waals surface area contributed by atoms with E-state index < -0.39 is 6.04 Å². The highest BCUT2D eigenvalue weighted by Gasteiger charge is 2.67. The molecule has 2 bridgehead atoms. The number of carbonyl (C=O) groups is 3. The van der Waals surface area contributed by atoms with Gasteiger partial charge in [0.15, 0.2) is 0 Å². The van der Waals surface area contributed by atoms with Crippen molar-refractivity contribution >= 4 is 23.4 Å². The molecule has 2 saturated carbocycles. The molecule has 1 saturated heterocycles. The van der Waals surface area contributed by atoms with Crippen LogP contribution in [0, 0.1) is 49.4 Å². The van der Waals surface area contributed by atoms with Gasteiger partial charge in [0.2, 0.25) is 17.7 Å². The van der Waals surface area contributed by atoms with E-state index in [9.17, 15) is 14.4 Å². The zero-order chi connectivity index (χ0) is 19.0. The Morgan fingerprint density at radius 3 is 2.26 bits per heavy atom. The van der Waals surface area contributed by atoms with Crippen molar-refractivity contribution < 1.29 is 14.4 Å². The van der Waals surface area contributed by atoms with Crippen LogP contribution in [0.25, 0.3) is 0 Å². The van der Waals surface area contributed by atoms with Crippen molar-refractivity contribution in [1.82, 2.24) is 4.90 Å². The molecule has 6 rings (SSSR count). The molecule has 3 fully saturated rings. The molecule has 0 spiro atoms. The van der Waals surface area contributed by atoms with Crippen LogP contribution < -0.4 is 5.32 Å². The fraction of sp³-hybridized carbons (Fsp3) is 0.500. The van der Waals surface area contributed by atoms with Crippen LogP contribution in [0.3, 0.4) is 0 Å². The maximum absolute atomic E-state index is 13.1. The molecule has 1 aromatic rings. The Morgan fingerprint density at radius 2 is 1.67 bits per heavy atom. The molecule has 1 heterocycles. The number of hydrogen-bond donors (Lipinski definition) is 1. The summed E-state index contributed by atoms with van der Waals surface area (Å²) in [5.41, 5.74) is 2.81. The van der Waals surface area contributed by atoms with Crippen LogP contribution in [0.2, 0.25) is 0 Å². The fourth-order valence-electron chi connectivity index (χ4n) is 5.60. The van der Waals surface area contributed by atoms with Gasteiger partial charge < -0.3 is 5.32 Å². The molecule has 5 aliphatic rings. The summed E-state index contributed by atoms with van der Waals surface area (Å²) in [7, 11) is 0. The largest absolute Gasteiger partial charge is 0.324 e. The normalized spacial score (nSPS) is 36.5. The summed E-state index contributed by atoms with van der Waals surface area (Å²) in [6.45, 7) is 5.59. The minimum absolute atomic E-state index is 0.154. The predicted molar refractivity (Wildman–Crippen MR) is 101 cm³/mol. The molecule has 1 aliphatic heterocycles. The van der Waals surface area contributed by atoms with E-state index in [1.807, 2.05) is 32.0 Å². The molecule has 5 heteroatoms. The van der Waals surface area contributed by atoms with Gasteiger partial charge in [-0.05, 0) is 68.1 Å². The van der Waals surface area contributed by atoms with E-state index in [1.165, 1.54) is 4.90 Å². The van der Waals surface area contributed by atoms with Gasteiger partial charge in [0, 0.05) is 5.69 Å². The molecule has 140 valence electrons. The summed E-state index contributed by atoms with van der Waals surface area (Å²) < 4.78 is 0. The molecule has 0 aromatic heterocycles. The number of imide groups is 1. The van der Waals surface area contributed by atoms with Gasteiger partial charge in [-0.15, -0.1) is 0 Å². The molecular formula is C22H24N2O3. The Labute approximate surface area is 158 Å². The molecule has 1 N–H and O–H groups in total. The average molecular weight is 364 g/mol. The van der Waals surface area contributed by atoms with Gasteiger partial charge in [-0.2, -0.15) is 0 Å². The lowest BCUT2D eigenvalue weighted by Crippen LogP contribution is -2.46. The highest BCUT2D eigenvalue weighted by atomic mass is 16.2. The monoisotopic (exact) mass is 364 g/mol. The molecule has 3 amide bonds. The van der Waals surface area contributed by atoms with E-state index >= 15 is 0 Å². The minimum Gasteiger partial charge on any atom is -0.324 e. The summed E-state index contributed by atoms with van der Waals surface area (Å²) in [5.74, 6) is 0.362. The Morgan fingerprint density at radius 1 is 1.07 bits per heavy atom. The van der Waals surface area contributed by atoms with Crippen molar-refractivity contribution in [3.63, 3.8) is 0 Å². The molecule has 1 aromatic carbocycles. The highest BCUT2D eigenvalue weighted by Crippen LogP contribution is 2.65. The lowest BCUT2D eigenvalue weighted by molar-refractivity contribution is -0.146. The van der Waals surface area contributed by atoms with E-state index in [0.717, 1.165) is 23.2 Å². The number of carbonyl (C=O) groups excluding carboxylic acids is 3. The third-order valence-electron chi connectivity index (χ3n) is 7.33. The number of nitrogens with zero attached hydrogens (tertiary/aromatic N) is 1. The molecular weight excluding hydrogens is 340 g/mol. The van der Waals surface area contributed by atoms with Crippen molar-refractivity contribution in [2.45, 2.75) is 33.2 Å². The summed E-state index contributed by atoms with van der Waals surface area (Å²) in [6.07, 6.45) is 5.43. The van der Waals surface area contributed by atoms with Crippen molar-refractivity contribution in [2.75, 3.05) is 5.32 Å². The highest BCUT2D eigenvalue weighted by molar-refractivity contribution is 6.10. The second kappa shape index (κ2) is 5.54. The standard InChI is InChI=1S/C22H24N2O3/c1-10-5-4-6-17(11(10)2)23-20(25)12(3)24-21(26)18-13-7-8-14(16-9-15(13)16)19(18)22(24)27/h4-8,12-16,18-19H,9H2,1-3H3,(H,23,25). The van der Waals surface area contributed by atoms with Gasteiger partial charge in [0.25, 0.3) is 0 Å². The van der Waals surface area contributed by atoms with Gasteiger partial charge in [0.05, 0.1) is 11.8 Å². The maximum Gasteiger partial charge on any atom is 0.247 e. The quantitative estimate of drug-likeness (QED) is 0.662. The zero-order valence-corrected chi connectivity index (χ0v) is 15.8. The van der Waals surface area contributed by atoms with Crippen LogP contribution in [0.4, 0.5) is 5.69 Å². The van der Waals surface area contributed by atoms with Crippen molar-refractivity contribution in [1.29, 1.82) is 0 Å². The minimum atomic E-state index is -0.800. The van der Waals surface area contributed by atoms with E-state index in [4.69, 9.17) is 0 Å². The molecule has 7 atom stereocenters. The van der Waals surface area contributed by atoms with Crippen LogP contribution >= 0.6 is 0 Å². The number of anilines is 1. The molecule has 27 heavy (non-hydrogen) atoms. The van der Waals surface area contributed by atoms with Gasteiger partial charge >= 0.3 is 0 Å². The first-order valence-corrected chi connectivity index (χ1v) is 9.82. The first-order valence-electron chi connectivity index (χ1n) is 9.82. The van der Waals surface area contributed by atoms with Gasteiger partial charge in [0.1, 0.15) is 6.04 Å². The topological polar surface area (TPSA) is 66.5 Å². The molecule has 0 radical (unpaired) electrons. The van der Waals surface area contributed by atoms with Crippen LogP contribution in [0.1, 0.15) is 24.5 Å². The van der Waals surface area contributed by atoms with E-state index in [1.54, 1.807) is 6.92 Å². The van der Waals surface area contributed by atoms with Crippen molar-refractivity contribution in [3.8, 4) is 0 Å². The maximum atomic E-state index is 13.1. The van der Waals surface area contributed by atoms with Gasteiger partial charge in [-0.3, -0.25) is 19.3 Å². The van der Waals surface area contributed by atoms with Crippen LogP contribution in [-0.2, 0) is 14.4 Å². The number of benzene rings is 1. The number of rotatable bonds is 3. The third-order valence-corrected chi connectivity index (χ3v) is 7.33. The average Bonchev–Trinajstić information content (AvgIpc) is 3.42. The lowest BCUT2D eigenvalue weighted by Gasteiger charge is -2.37. The zero-order valence-electron chi connectivity index (χ0n) is 15.8. The third kappa shape index (κ3) is 2.20. The smallest absolute Gasteiger partial charge is 0.247 e. The second-order valence-electron chi connectivity index (χ2n) is 8.61. The number of hydrogen-bond acceptors (Lipinski definition) is 3. The predicted octanol–water partition coefficient (Wildman–Crippen LogP) is 2.68. The van der Waals surface area contributed by atoms with Crippen molar-refractivity contribution in [2.24, 2.45) is 35.5 Å². The molecule has 7 unspecified atom stereocenters. The Kier molecular flexibility index (Phi) is 3.43. The van der Waals surface area contributed by atoms with Gasteiger partial charge in [-0.25, -0.2) is 0 Å². The number of nitrogens with one attached hydrogen (secondary N) is 1. The Balaban J connectivity index is 1.39. The fourth-order valence-corrected chi connectivity index (χ4v) is 5.60. The number of amides is 3. The van der Waals surface area contributed by atoms with E-state index in [0.29, 0.717) is 11.8 Å². The summed E-state index contributed by atoms with van der Waals surface area (Å²) in [5, 5.41) is 2.91. The van der Waals surface area contributed by atoms with E-state index in [2.05, 4.69) is 17.5 Å². The summed E-state index contributed by atoms with van der Waals surface area (Å²) in [4.78, 5) is 40.3. The SMILES string of the molecule is Cc1cccc(NC(=O)C(C)N2C(=O)C3C4C=CC(C5CC45)C3C2=O)c1C. The number of allylic oxidation sites excluding steroid dienone is 2. The van der Waals surface area contributed by atoms with E-state index in [-0.39, 0.29) is 41.4 Å². The number of aryl methyl sites for hydroxylation is 1. The van der Waals surface area contributed by atoms with Gasteiger partial charge in [-0.1, -0.05) is 24.3 Å². The second-order valence-corrected chi connectivity index (χ2v) is 8.61. The molecule has 5 nitrogen and oxygen atoms in total. The first kappa shape index (κ1) is 16.7.